The van der Waals surface area contributed by atoms with Crippen LogP contribution in [0.3, 0.4) is 0 Å². The van der Waals surface area contributed by atoms with E-state index in [-0.39, 0.29) is 11.2 Å². The zero-order valence-electron chi connectivity index (χ0n) is 10.2. The molecule has 1 aliphatic carbocycles. The molecule has 3 rings (SSSR count). The number of benzene rings is 1. The van der Waals surface area contributed by atoms with Crippen molar-refractivity contribution in [2.24, 2.45) is 0 Å². The van der Waals surface area contributed by atoms with Crippen molar-refractivity contribution >= 4 is 5.69 Å². The average Bonchev–Trinajstić information content (AvgIpc) is 2.94. The van der Waals surface area contributed by atoms with Crippen LogP contribution in [0.5, 0.6) is 5.75 Å². The maximum atomic E-state index is 9.17. The fraction of sp³-hybridized carbons (Fsp3) is 0.385. The molecule has 0 radical (unpaired) electrons. The van der Waals surface area contributed by atoms with Gasteiger partial charge in [-0.3, -0.25) is 0 Å². The Kier molecular flexibility index (Phi) is 2.47. The first-order valence-corrected chi connectivity index (χ1v) is 6.02. The van der Waals surface area contributed by atoms with Gasteiger partial charge in [0.25, 0.3) is 0 Å². The van der Waals surface area contributed by atoms with Crippen LogP contribution < -0.4 is 5.32 Å². The standard InChI is InChI=1S/C13H15N3O2/c1-13(6-7-13)12-15-11(18-16-12)8-14-9-2-4-10(17)5-3-9/h2-5,14,17H,6-8H2,1H3. The number of phenolic OH excluding ortho intramolecular Hbond substituents is 1. The minimum atomic E-state index is 0.139. The lowest BCUT2D eigenvalue weighted by Crippen LogP contribution is -2.04. The molecule has 0 unspecified atom stereocenters. The van der Waals surface area contributed by atoms with E-state index in [1.807, 2.05) is 0 Å². The molecular weight excluding hydrogens is 230 g/mol. The number of rotatable bonds is 4. The van der Waals surface area contributed by atoms with Crippen LogP contribution in [0.2, 0.25) is 0 Å². The number of nitrogens with one attached hydrogen (secondary N) is 1. The van der Waals surface area contributed by atoms with Crippen LogP contribution >= 0.6 is 0 Å². The van der Waals surface area contributed by atoms with Crippen LogP contribution in [-0.4, -0.2) is 15.2 Å². The van der Waals surface area contributed by atoms with E-state index in [1.54, 1.807) is 24.3 Å². The Bertz CT molecular complexity index is 544. The summed E-state index contributed by atoms with van der Waals surface area (Å²) in [5.74, 6) is 1.65. The van der Waals surface area contributed by atoms with Crippen LogP contribution in [0.25, 0.3) is 0 Å². The molecule has 18 heavy (non-hydrogen) atoms. The fourth-order valence-corrected chi connectivity index (χ4v) is 1.74. The number of aromatic hydroxyl groups is 1. The van der Waals surface area contributed by atoms with Crippen molar-refractivity contribution in [3.63, 3.8) is 0 Å². The Morgan fingerprint density at radius 3 is 2.72 bits per heavy atom. The molecule has 5 nitrogen and oxygen atoms in total. The fourth-order valence-electron chi connectivity index (χ4n) is 1.74. The summed E-state index contributed by atoms with van der Waals surface area (Å²) in [5, 5.41) is 16.3. The molecule has 0 saturated heterocycles. The van der Waals surface area contributed by atoms with Gasteiger partial charge >= 0.3 is 0 Å². The topological polar surface area (TPSA) is 71.2 Å². The number of hydrogen-bond donors (Lipinski definition) is 2. The third-order valence-corrected chi connectivity index (χ3v) is 3.32. The van der Waals surface area contributed by atoms with E-state index in [0.717, 1.165) is 24.4 Å². The highest BCUT2D eigenvalue weighted by atomic mass is 16.5. The molecule has 94 valence electrons. The van der Waals surface area contributed by atoms with Gasteiger partial charge in [0.1, 0.15) is 5.75 Å². The Labute approximate surface area is 105 Å². The van der Waals surface area contributed by atoms with Gasteiger partial charge in [-0.25, -0.2) is 0 Å². The summed E-state index contributed by atoms with van der Waals surface area (Å²) in [5.41, 5.74) is 1.05. The first-order valence-electron chi connectivity index (χ1n) is 6.02. The Hall–Kier alpha value is -2.04. The molecular formula is C13H15N3O2. The lowest BCUT2D eigenvalue weighted by molar-refractivity contribution is 0.374. The van der Waals surface area contributed by atoms with Crippen molar-refractivity contribution in [2.75, 3.05) is 5.32 Å². The summed E-state index contributed by atoms with van der Waals surface area (Å²) >= 11 is 0. The minimum absolute atomic E-state index is 0.139. The third kappa shape index (κ3) is 2.16. The maximum Gasteiger partial charge on any atom is 0.245 e. The lowest BCUT2D eigenvalue weighted by Gasteiger charge is -2.02. The van der Waals surface area contributed by atoms with E-state index in [0.29, 0.717) is 12.4 Å². The Morgan fingerprint density at radius 2 is 2.06 bits per heavy atom. The monoisotopic (exact) mass is 245 g/mol. The summed E-state index contributed by atoms with van der Waals surface area (Å²) in [6.45, 7) is 2.64. The predicted octanol–water partition coefficient (Wildman–Crippen LogP) is 2.44. The summed E-state index contributed by atoms with van der Waals surface area (Å²) in [6, 6.07) is 6.86. The number of phenols is 1. The van der Waals surface area contributed by atoms with Gasteiger partial charge in [-0.15, -0.1) is 0 Å². The van der Waals surface area contributed by atoms with E-state index in [2.05, 4.69) is 22.4 Å². The zero-order valence-corrected chi connectivity index (χ0v) is 10.2. The summed E-state index contributed by atoms with van der Waals surface area (Å²) in [6.07, 6.45) is 2.27. The largest absolute Gasteiger partial charge is 0.508 e. The predicted molar refractivity (Wildman–Crippen MR) is 66.3 cm³/mol. The quantitative estimate of drug-likeness (QED) is 0.809. The molecule has 1 aromatic carbocycles. The molecule has 2 aromatic rings. The molecule has 1 heterocycles. The van der Waals surface area contributed by atoms with Crippen LogP contribution in [0.4, 0.5) is 5.69 Å². The SMILES string of the molecule is CC1(c2noc(CNc3ccc(O)cc3)n2)CC1. The van der Waals surface area contributed by atoms with Crippen molar-refractivity contribution in [2.45, 2.75) is 31.7 Å². The highest BCUT2D eigenvalue weighted by molar-refractivity contribution is 5.45. The summed E-state index contributed by atoms with van der Waals surface area (Å²) in [4.78, 5) is 4.39. The van der Waals surface area contributed by atoms with E-state index < -0.39 is 0 Å². The number of nitrogens with zero attached hydrogens (tertiary/aromatic N) is 2. The van der Waals surface area contributed by atoms with Gasteiger partial charge in [0.2, 0.25) is 5.89 Å². The summed E-state index contributed by atoms with van der Waals surface area (Å²) < 4.78 is 5.20. The second kappa shape index (κ2) is 4.01. The molecule has 0 aliphatic heterocycles. The molecule has 0 amide bonds. The molecule has 0 atom stereocenters. The van der Waals surface area contributed by atoms with Crippen molar-refractivity contribution in [1.82, 2.24) is 10.1 Å². The molecule has 1 aliphatic rings. The number of hydrogen-bond acceptors (Lipinski definition) is 5. The van der Waals surface area contributed by atoms with Crippen molar-refractivity contribution in [1.29, 1.82) is 0 Å². The Morgan fingerprint density at radius 1 is 1.33 bits per heavy atom. The second-order valence-electron chi connectivity index (χ2n) is 4.97. The van der Waals surface area contributed by atoms with E-state index in [1.165, 1.54) is 0 Å². The Balaban J connectivity index is 1.63. The van der Waals surface area contributed by atoms with Crippen LogP contribution in [0.15, 0.2) is 28.8 Å². The second-order valence-corrected chi connectivity index (χ2v) is 4.97. The molecule has 0 bridgehead atoms. The molecule has 5 heteroatoms. The number of anilines is 1. The first-order chi connectivity index (χ1) is 8.66. The maximum absolute atomic E-state index is 9.17. The van der Waals surface area contributed by atoms with Crippen molar-refractivity contribution in [3.05, 3.63) is 36.0 Å². The first kappa shape index (κ1) is 11.1. The normalized spacial score (nSPS) is 16.5. The molecule has 1 fully saturated rings. The van der Waals surface area contributed by atoms with Crippen LogP contribution in [0, 0.1) is 0 Å². The van der Waals surface area contributed by atoms with Gasteiger partial charge in [0.15, 0.2) is 5.82 Å². The van der Waals surface area contributed by atoms with Crippen LogP contribution in [-0.2, 0) is 12.0 Å². The van der Waals surface area contributed by atoms with Gasteiger partial charge in [-0.1, -0.05) is 12.1 Å². The molecule has 0 spiro atoms. The van der Waals surface area contributed by atoms with Gasteiger partial charge in [0, 0.05) is 11.1 Å². The number of aromatic nitrogens is 2. The van der Waals surface area contributed by atoms with Gasteiger partial charge in [0.05, 0.1) is 6.54 Å². The van der Waals surface area contributed by atoms with Crippen LogP contribution in [0.1, 0.15) is 31.5 Å². The van der Waals surface area contributed by atoms with E-state index in [4.69, 9.17) is 4.52 Å². The van der Waals surface area contributed by atoms with E-state index >= 15 is 0 Å². The zero-order chi connectivity index (χ0) is 12.6. The lowest BCUT2D eigenvalue weighted by atomic mass is 10.1. The third-order valence-electron chi connectivity index (χ3n) is 3.32. The highest BCUT2D eigenvalue weighted by Gasteiger charge is 2.43. The summed E-state index contributed by atoms with van der Waals surface area (Å²) in [7, 11) is 0. The average molecular weight is 245 g/mol. The van der Waals surface area contributed by atoms with Gasteiger partial charge < -0.3 is 14.9 Å². The van der Waals surface area contributed by atoms with E-state index in [9.17, 15) is 5.11 Å². The molecule has 2 N–H and O–H groups in total. The molecule has 1 saturated carbocycles. The molecule has 1 aromatic heterocycles. The van der Waals surface area contributed by atoms with Gasteiger partial charge in [-0.05, 0) is 37.1 Å². The smallest absolute Gasteiger partial charge is 0.245 e. The van der Waals surface area contributed by atoms with Crippen molar-refractivity contribution in [3.8, 4) is 5.75 Å². The van der Waals surface area contributed by atoms with Crippen molar-refractivity contribution < 1.29 is 9.63 Å². The highest BCUT2D eigenvalue weighted by Crippen LogP contribution is 2.45. The minimum Gasteiger partial charge on any atom is -0.508 e. The van der Waals surface area contributed by atoms with Gasteiger partial charge in [-0.2, -0.15) is 4.98 Å².